The van der Waals surface area contributed by atoms with Gasteiger partial charge in [-0.25, -0.2) is 4.79 Å². The zero-order valence-electron chi connectivity index (χ0n) is 11.8. The van der Waals surface area contributed by atoms with Crippen molar-refractivity contribution in [1.29, 1.82) is 0 Å². The van der Waals surface area contributed by atoms with Crippen LogP contribution >= 0.6 is 11.8 Å². The molecule has 1 atom stereocenters. The molecule has 1 N–H and O–H groups in total. The fraction of sp³-hybridized carbons (Fsp3) is 0.923. The first kappa shape index (κ1) is 15.6. The molecule has 0 aromatic carbocycles. The molecule has 1 aliphatic rings. The summed E-state index contributed by atoms with van der Waals surface area (Å²) in [4.78, 5) is 13.9. The van der Waals surface area contributed by atoms with Crippen molar-refractivity contribution in [2.75, 3.05) is 39.1 Å². The number of nitrogens with one attached hydrogen (secondary N) is 1. The first-order chi connectivity index (χ1) is 8.65. The first-order valence-corrected chi connectivity index (χ1v) is 7.83. The van der Waals surface area contributed by atoms with Gasteiger partial charge < -0.3 is 15.0 Å². The fourth-order valence-corrected chi connectivity index (χ4v) is 3.24. The maximum atomic E-state index is 12.0. The molecule has 0 saturated carbocycles. The number of rotatable bonds is 6. The van der Waals surface area contributed by atoms with E-state index in [0.717, 1.165) is 44.8 Å². The number of hydrogen-bond acceptors (Lipinski definition) is 3. The Morgan fingerprint density at radius 2 is 2.28 bits per heavy atom. The maximum absolute atomic E-state index is 12.0. The van der Waals surface area contributed by atoms with Crippen molar-refractivity contribution < 1.29 is 9.53 Å². The molecular weight excluding hydrogens is 248 g/mol. The zero-order valence-corrected chi connectivity index (χ0v) is 12.6. The summed E-state index contributed by atoms with van der Waals surface area (Å²) in [6.45, 7) is 7.72. The second-order valence-electron chi connectivity index (χ2n) is 5.03. The van der Waals surface area contributed by atoms with Gasteiger partial charge in [0.1, 0.15) is 0 Å². The third-order valence-electron chi connectivity index (χ3n) is 3.18. The summed E-state index contributed by atoms with van der Waals surface area (Å²) in [5.74, 6) is 1.69. The molecule has 0 spiro atoms. The van der Waals surface area contributed by atoms with Gasteiger partial charge in [0.2, 0.25) is 0 Å². The second kappa shape index (κ2) is 8.64. The molecule has 0 unspecified atom stereocenters. The van der Waals surface area contributed by atoms with E-state index in [2.05, 4.69) is 19.2 Å². The average molecular weight is 274 g/mol. The Balaban J connectivity index is 2.20. The van der Waals surface area contributed by atoms with Gasteiger partial charge in [-0.05, 0) is 18.8 Å². The Bertz CT molecular complexity index is 249. The minimum atomic E-state index is 0.0957. The average Bonchev–Trinajstić information content (AvgIpc) is 2.38. The Labute approximate surface area is 115 Å². The number of unbranched alkanes of at least 4 members (excludes halogenated alkanes) is 1. The number of carbonyl (C=O) groups excluding carboxylic acids is 1. The summed E-state index contributed by atoms with van der Waals surface area (Å²) in [5.41, 5.74) is 0. The van der Waals surface area contributed by atoms with Crippen LogP contribution in [0.5, 0.6) is 0 Å². The standard InChI is InChI=1S/C13H26N2O2S/c1-11(2)12-10-15(7-9-18-12)13(16)14-6-4-5-8-17-3/h11-12H,4-10H2,1-3H3,(H,14,16)/t12-/m0/s1. The molecule has 1 aliphatic heterocycles. The lowest BCUT2D eigenvalue weighted by atomic mass is 10.1. The van der Waals surface area contributed by atoms with E-state index in [9.17, 15) is 4.79 Å². The molecule has 0 aromatic heterocycles. The molecule has 2 amide bonds. The highest BCUT2D eigenvalue weighted by atomic mass is 32.2. The molecular formula is C13H26N2O2S. The van der Waals surface area contributed by atoms with Crippen LogP contribution < -0.4 is 5.32 Å². The van der Waals surface area contributed by atoms with E-state index in [1.54, 1.807) is 7.11 Å². The van der Waals surface area contributed by atoms with E-state index in [1.165, 1.54) is 0 Å². The van der Waals surface area contributed by atoms with E-state index < -0.39 is 0 Å². The van der Waals surface area contributed by atoms with E-state index >= 15 is 0 Å². The van der Waals surface area contributed by atoms with Crippen molar-refractivity contribution >= 4 is 17.8 Å². The molecule has 5 heteroatoms. The smallest absolute Gasteiger partial charge is 0.317 e. The van der Waals surface area contributed by atoms with E-state index in [4.69, 9.17) is 4.74 Å². The number of methoxy groups -OCH3 is 1. The SMILES string of the molecule is COCCCCNC(=O)N1CCS[C@H](C(C)C)C1. The van der Waals surface area contributed by atoms with Gasteiger partial charge in [0, 0.05) is 44.4 Å². The van der Waals surface area contributed by atoms with Crippen LogP contribution in [0, 0.1) is 5.92 Å². The number of hydrogen-bond donors (Lipinski definition) is 1. The van der Waals surface area contributed by atoms with Crippen LogP contribution in [0.2, 0.25) is 0 Å². The maximum Gasteiger partial charge on any atom is 0.317 e. The highest BCUT2D eigenvalue weighted by Crippen LogP contribution is 2.24. The summed E-state index contributed by atoms with van der Waals surface area (Å²) in [5, 5.41) is 3.57. The van der Waals surface area contributed by atoms with Gasteiger partial charge >= 0.3 is 6.03 Å². The van der Waals surface area contributed by atoms with Crippen LogP contribution in [-0.2, 0) is 4.74 Å². The van der Waals surface area contributed by atoms with Crippen LogP contribution in [0.1, 0.15) is 26.7 Å². The van der Waals surface area contributed by atoms with Gasteiger partial charge in [0.15, 0.2) is 0 Å². The van der Waals surface area contributed by atoms with Crippen molar-refractivity contribution in [3.05, 3.63) is 0 Å². The van der Waals surface area contributed by atoms with Crippen molar-refractivity contribution in [2.24, 2.45) is 5.92 Å². The molecule has 18 heavy (non-hydrogen) atoms. The van der Waals surface area contributed by atoms with Crippen LogP contribution in [0.15, 0.2) is 0 Å². The molecule has 0 radical (unpaired) electrons. The molecule has 0 aromatic rings. The third kappa shape index (κ3) is 5.48. The first-order valence-electron chi connectivity index (χ1n) is 6.78. The highest BCUT2D eigenvalue weighted by molar-refractivity contribution is 8.00. The Hall–Kier alpha value is -0.420. The van der Waals surface area contributed by atoms with E-state index in [0.29, 0.717) is 11.2 Å². The quantitative estimate of drug-likeness (QED) is 0.755. The fourth-order valence-electron chi connectivity index (χ4n) is 1.94. The lowest BCUT2D eigenvalue weighted by molar-refractivity contribution is 0.187. The Morgan fingerprint density at radius 3 is 2.94 bits per heavy atom. The normalized spacial score (nSPS) is 20.2. The van der Waals surface area contributed by atoms with Crippen molar-refractivity contribution in [1.82, 2.24) is 10.2 Å². The minimum Gasteiger partial charge on any atom is -0.385 e. The second-order valence-corrected chi connectivity index (χ2v) is 6.38. The van der Waals surface area contributed by atoms with Gasteiger partial charge in [0.05, 0.1) is 0 Å². The molecule has 1 fully saturated rings. The molecule has 0 bridgehead atoms. The predicted molar refractivity (Wildman–Crippen MR) is 77.2 cm³/mol. The van der Waals surface area contributed by atoms with E-state index in [1.807, 2.05) is 16.7 Å². The Kier molecular flexibility index (Phi) is 7.51. The number of urea groups is 1. The molecule has 4 nitrogen and oxygen atoms in total. The monoisotopic (exact) mass is 274 g/mol. The van der Waals surface area contributed by atoms with Crippen LogP contribution in [0.25, 0.3) is 0 Å². The van der Waals surface area contributed by atoms with Gasteiger partial charge in [0.25, 0.3) is 0 Å². The summed E-state index contributed by atoms with van der Waals surface area (Å²) in [6, 6.07) is 0.0957. The number of amides is 2. The summed E-state index contributed by atoms with van der Waals surface area (Å²) in [7, 11) is 1.70. The molecule has 106 valence electrons. The van der Waals surface area contributed by atoms with Crippen molar-refractivity contribution in [3.8, 4) is 0 Å². The van der Waals surface area contributed by atoms with Gasteiger partial charge in [-0.3, -0.25) is 0 Å². The van der Waals surface area contributed by atoms with Gasteiger partial charge in [-0.1, -0.05) is 13.8 Å². The summed E-state index contributed by atoms with van der Waals surface area (Å²) >= 11 is 1.99. The number of nitrogens with zero attached hydrogens (tertiary/aromatic N) is 1. The van der Waals surface area contributed by atoms with Gasteiger partial charge in [-0.15, -0.1) is 0 Å². The lowest BCUT2D eigenvalue weighted by Crippen LogP contribution is -2.48. The van der Waals surface area contributed by atoms with Crippen molar-refractivity contribution in [2.45, 2.75) is 31.9 Å². The number of carbonyl (C=O) groups is 1. The molecule has 1 rings (SSSR count). The predicted octanol–water partition coefficient (Wildman–Crippen LogP) is 2.20. The van der Waals surface area contributed by atoms with Crippen molar-refractivity contribution in [3.63, 3.8) is 0 Å². The highest BCUT2D eigenvalue weighted by Gasteiger charge is 2.25. The number of thioether (sulfide) groups is 1. The zero-order chi connectivity index (χ0) is 13.4. The minimum absolute atomic E-state index is 0.0957. The Morgan fingerprint density at radius 1 is 1.50 bits per heavy atom. The van der Waals surface area contributed by atoms with Crippen LogP contribution in [0.4, 0.5) is 4.79 Å². The molecule has 1 heterocycles. The third-order valence-corrected chi connectivity index (χ3v) is 4.72. The van der Waals surface area contributed by atoms with Gasteiger partial charge in [-0.2, -0.15) is 11.8 Å². The topological polar surface area (TPSA) is 41.6 Å². The molecule has 1 saturated heterocycles. The summed E-state index contributed by atoms with van der Waals surface area (Å²) < 4.78 is 4.98. The molecule has 0 aliphatic carbocycles. The van der Waals surface area contributed by atoms with E-state index in [-0.39, 0.29) is 6.03 Å². The summed E-state index contributed by atoms with van der Waals surface area (Å²) in [6.07, 6.45) is 1.98. The van der Waals surface area contributed by atoms with Crippen LogP contribution in [-0.4, -0.2) is 55.3 Å². The lowest BCUT2D eigenvalue weighted by Gasteiger charge is -2.34. The largest absolute Gasteiger partial charge is 0.385 e. The number of ether oxygens (including phenoxy) is 1. The van der Waals surface area contributed by atoms with Crippen LogP contribution in [0.3, 0.4) is 0 Å².